The minimum absolute atomic E-state index is 0.372. The van der Waals surface area contributed by atoms with Crippen LogP contribution in [0.5, 0.6) is 0 Å². The first-order chi connectivity index (χ1) is 8.20. The summed E-state index contributed by atoms with van der Waals surface area (Å²) in [6, 6.07) is 8.00. The molecule has 1 aliphatic heterocycles. The molecular formula is C13H19N3O. The van der Waals surface area contributed by atoms with Crippen LogP contribution in [0.15, 0.2) is 24.3 Å². The van der Waals surface area contributed by atoms with Gasteiger partial charge in [0.25, 0.3) is 0 Å². The Hall–Kier alpha value is -1.39. The summed E-state index contributed by atoms with van der Waals surface area (Å²) >= 11 is 0. The van der Waals surface area contributed by atoms with E-state index in [9.17, 15) is 4.79 Å². The molecule has 0 aliphatic carbocycles. The molecule has 0 spiro atoms. The van der Waals surface area contributed by atoms with Gasteiger partial charge in [-0.15, -0.1) is 0 Å². The van der Waals surface area contributed by atoms with E-state index in [4.69, 9.17) is 11.5 Å². The van der Waals surface area contributed by atoms with Gasteiger partial charge in [-0.05, 0) is 37.1 Å². The van der Waals surface area contributed by atoms with Gasteiger partial charge in [0.2, 0.25) is 5.91 Å². The van der Waals surface area contributed by atoms with Gasteiger partial charge in [-0.2, -0.15) is 0 Å². The van der Waals surface area contributed by atoms with Crippen molar-refractivity contribution in [2.45, 2.75) is 25.4 Å². The number of primary amides is 1. The third kappa shape index (κ3) is 2.84. The molecule has 17 heavy (non-hydrogen) atoms. The molecule has 1 amide bonds. The minimum Gasteiger partial charge on any atom is -0.366 e. The average Bonchev–Trinajstić information content (AvgIpc) is 2.76. The quantitative estimate of drug-likeness (QED) is 0.804. The molecule has 0 bridgehead atoms. The number of nitrogens with two attached hydrogens (primary N) is 2. The molecule has 2 rings (SSSR count). The van der Waals surface area contributed by atoms with Gasteiger partial charge in [0.05, 0.1) is 0 Å². The van der Waals surface area contributed by atoms with E-state index in [1.165, 1.54) is 12.8 Å². The summed E-state index contributed by atoms with van der Waals surface area (Å²) in [6.45, 7) is 2.64. The summed E-state index contributed by atoms with van der Waals surface area (Å²) < 4.78 is 0. The lowest BCUT2D eigenvalue weighted by molar-refractivity contribution is 0.1000. The van der Waals surface area contributed by atoms with Gasteiger partial charge in [0.15, 0.2) is 0 Å². The third-order valence-electron chi connectivity index (χ3n) is 3.37. The first kappa shape index (κ1) is 12.1. The lowest BCUT2D eigenvalue weighted by Crippen LogP contribution is -2.34. The molecule has 4 N–H and O–H groups in total. The number of rotatable bonds is 4. The van der Waals surface area contributed by atoms with E-state index in [0.717, 1.165) is 18.7 Å². The van der Waals surface area contributed by atoms with E-state index >= 15 is 0 Å². The van der Waals surface area contributed by atoms with Crippen LogP contribution in [-0.2, 0) is 6.54 Å². The van der Waals surface area contributed by atoms with Crippen molar-refractivity contribution in [1.82, 2.24) is 4.90 Å². The van der Waals surface area contributed by atoms with Crippen LogP contribution in [0, 0.1) is 0 Å². The van der Waals surface area contributed by atoms with Crippen molar-refractivity contribution in [3.8, 4) is 0 Å². The molecule has 1 unspecified atom stereocenters. The number of nitrogens with zero attached hydrogens (tertiary/aromatic N) is 1. The normalized spacial score (nSPS) is 20.6. The summed E-state index contributed by atoms with van der Waals surface area (Å²) in [5.74, 6) is -0.372. The number of hydrogen-bond acceptors (Lipinski definition) is 3. The van der Waals surface area contributed by atoms with Crippen LogP contribution in [0.3, 0.4) is 0 Å². The second kappa shape index (κ2) is 5.29. The summed E-state index contributed by atoms with van der Waals surface area (Å²) in [7, 11) is 0. The second-order valence-corrected chi connectivity index (χ2v) is 4.57. The number of carbonyl (C=O) groups excluding carboxylic acids is 1. The summed E-state index contributed by atoms with van der Waals surface area (Å²) in [4.78, 5) is 13.5. The zero-order chi connectivity index (χ0) is 12.3. The minimum atomic E-state index is -0.372. The predicted octanol–water partition coefficient (Wildman–Crippen LogP) is 0.709. The second-order valence-electron chi connectivity index (χ2n) is 4.57. The maximum Gasteiger partial charge on any atom is 0.248 e. The van der Waals surface area contributed by atoms with Crippen LogP contribution < -0.4 is 11.5 Å². The van der Waals surface area contributed by atoms with Crippen molar-refractivity contribution in [3.05, 3.63) is 35.4 Å². The van der Waals surface area contributed by atoms with Gasteiger partial charge >= 0.3 is 0 Å². The smallest absolute Gasteiger partial charge is 0.248 e. The van der Waals surface area contributed by atoms with Crippen LogP contribution in [0.25, 0.3) is 0 Å². The number of amides is 1. The molecule has 92 valence electrons. The molecule has 1 aliphatic rings. The van der Waals surface area contributed by atoms with Crippen LogP contribution in [0.2, 0.25) is 0 Å². The number of likely N-dealkylation sites (tertiary alicyclic amines) is 1. The Bertz CT molecular complexity index is 405. The molecular weight excluding hydrogens is 214 g/mol. The highest BCUT2D eigenvalue weighted by atomic mass is 16.1. The standard InChI is InChI=1S/C13H19N3O/c14-8-12-5-2-6-16(12)9-10-3-1-4-11(7-10)13(15)17/h1,3-4,7,12H,2,5-6,8-9,14H2,(H2,15,17). The Labute approximate surface area is 102 Å². The Morgan fingerprint density at radius 2 is 2.29 bits per heavy atom. The van der Waals surface area contributed by atoms with E-state index in [-0.39, 0.29) is 5.91 Å². The first-order valence-corrected chi connectivity index (χ1v) is 6.03. The molecule has 1 aromatic carbocycles. The third-order valence-corrected chi connectivity index (χ3v) is 3.37. The van der Waals surface area contributed by atoms with Gasteiger partial charge in [-0.3, -0.25) is 9.69 Å². The van der Waals surface area contributed by atoms with Crippen molar-refractivity contribution < 1.29 is 4.79 Å². The molecule has 1 aromatic rings. The Balaban J connectivity index is 2.07. The van der Waals surface area contributed by atoms with Crippen molar-refractivity contribution in [1.29, 1.82) is 0 Å². The lowest BCUT2D eigenvalue weighted by Gasteiger charge is -2.23. The fraction of sp³-hybridized carbons (Fsp3) is 0.462. The zero-order valence-electron chi connectivity index (χ0n) is 9.93. The molecule has 1 heterocycles. The Morgan fingerprint density at radius 1 is 1.47 bits per heavy atom. The summed E-state index contributed by atoms with van der Waals surface area (Å²) in [5.41, 5.74) is 12.7. The number of carbonyl (C=O) groups is 1. The molecule has 4 heteroatoms. The highest BCUT2D eigenvalue weighted by Gasteiger charge is 2.22. The van der Waals surface area contributed by atoms with Gasteiger partial charge in [0.1, 0.15) is 0 Å². The maximum atomic E-state index is 11.1. The van der Waals surface area contributed by atoms with Crippen LogP contribution in [0.4, 0.5) is 0 Å². The van der Waals surface area contributed by atoms with Crippen molar-refractivity contribution in [2.75, 3.05) is 13.1 Å². The average molecular weight is 233 g/mol. The van der Waals surface area contributed by atoms with Crippen LogP contribution in [0.1, 0.15) is 28.8 Å². The molecule has 0 radical (unpaired) electrons. The summed E-state index contributed by atoms with van der Waals surface area (Å²) in [5, 5.41) is 0. The topological polar surface area (TPSA) is 72.3 Å². The zero-order valence-corrected chi connectivity index (χ0v) is 9.93. The highest BCUT2D eigenvalue weighted by Crippen LogP contribution is 2.19. The van der Waals surface area contributed by atoms with E-state index in [2.05, 4.69) is 4.90 Å². The number of hydrogen-bond donors (Lipinski definition) is 2. The van der Waals surface area contributed by atoms with E-state index in [1.807, 2.05) is 18.2 Å². The number of benzene rings is 1. The highest BCUT2D eigenvalue weighted by molar-refractivity contribution is 5.92. The van der Waals surface area contributed by atoms with Gasteiger partial charge in [-0.25, -0.2) is 0 Å². The molecule has 0 saturated carbocycles. The van der Waals surface area contributed by atoms with Crippen LogP contribution >= 0.6 is 0 Å². The first-order valence-electron chi connectivity index (χ1n) is 6.03. The largest absolute Gasteiger partial charge is 0.366 e. The van der Waals surface area contributed by atoms with Gasteiger partial charge < -0.3 is 11.5 Å². The summed E-state index contributed by atoms with van der Waals surface area (Å²) in [6.07, 6.45) is 2.38. The van der Waals surface area contributed by atoms with Crippen molar-refractivity contribution in [2.24, 2.45) is 11.5 Å². The van der Waals surface area contributed by atoms with Gasteiger partial charge in [0, 0.05) is 24.7 Å². The van der Waals surface area contributed by atoms with Gasteiger partial charge in [-0.1, -0.05) is 12.1 Å². The lowest BCUT2D eigenvalue weighted by atomic mass is 10.1. The maximum absolute atomic E-state index is 11.1. The predicted molar refractivity (Wildman–Crippen MR) is 67.4 cm³/mol. The SMILES string of the molecule is NCC1CCCN1Cc1cccc(C(N)=O)c1. The van der Waals surface area contributed by atoms with E-state index < -0.39 is 0 Å². The Kier molecular flexibility index (Phi) is 3.76. The molecule has 4 nitrogen and oxygen atoms in total. The van der Waals surface area contributed by atoms with E-state index in [0.29, 0.717) is 18.2 Å². The fourth-order valence-corrected chi connectivity index (χ4v) is 2.43. The van der Waals surface area contributed by atoms with Crippen molar-refractivity contribution >= 4 is 5.91 Å². The monoisotopic (exact) mass is 233 g/mol. The molecule has 1 fully saturated rings. The fourth-order valence-electron chi connectivity index (χ4n) is 2.43. The van der Waals surface area contributed by atoms with E-state index in [1.54, 1.807) is 6.07 Å². The molecule has 1 saturated heterocycles. The van der Waals surface area contributed by atoms with Crippen molar-refractivity contribution in [3.63, 3.8) is 0 Å². The Morgan fingerprint density at radius 3 is 3.00 bits per heavy atom. The molecule has 0 aromatic heterocycles. The molecule has 1 atom stereocenters. The van der Waals surface area contributed by atoms with Crippen LogP contribution in [-0.4, -0.2) is 29.9 Å².